The quantitative estimate of drug-likeness (QED) is 0.447. The number of nitrogens with one attached hydrogen (secondary N) is 1. The van der Waals surface area contributed by atoms with E-state index in [4.69, 9.17) is 27.3 Å². The summed E-state index contributed by atoms with van der Waals surface area (Å²) in [6.07, 6.45) is 8.18. The molecule has 2 saturated heterocycles. The number of halogens is 1. The van der Waals surface area contributed by atoms with Gasteiger partial charge in [-0.1, -0.05) is 17.7 Å². The molecule has 2 fully saturated rings. The van der Waals surface area contributed by atoms with E-state index in [0.717, 1.165) is 51.2 Å². The van der Waals surface area contributed by atoms with Crippen LogP contribution in [0.15, 0.2) is 24.5 Å². The van der Waals surface area contributed by atoms with Crippen molar-refractivity contribution in [3.05, 3.63) is 34.6 Å². The molecule has 3 atom stereocenters. The number of aromatic amines is 1. The van der Waals surface area contributed by atoms with E-state index in [0.29, 0.717) is 28.2 Å². The molecule has 0 spiro atoms. The Morgan fingerprint density at radius 3 is 2.77 bits per heavy atom. The molecule has 0 saturated carbocycles. The van der Waals surface area contributed by atoms with E-state index < -0.39 is 0 Å². The normalized spacial score (nSPS) is 23.7. The lowest BCUT2D eigenvalue weighted by atomic mass is 9.98. The molecule has 0 unspecified atom stereocenters. The maximum atomic E-state index is 9.38. The predicted octanol–water partition coefficient (Wildman–Crippen LogP) is 3.84. The molecular formula is C21H21ClN6OS. The molecule has 154 valence electrons. The van der Waals surface area contributed by atoms with E-state index in [2.05, 4.69) is 14.9 Å². The number of aromatic nitrogens is 4. The highest BCUT2D eigenvalue weighted by molar-refractivity contribution is 7.19. The first kappa shape index (κ1) is 18.5. The highest BCUT2D eigenvalue weighted by Gasteiger charge is 2.40. The van der Waals surface area contributed by atoms with Gasteiger partial charge in [0, 0.05) is 35.4 Å². The topological polar surface area (TPSA) is 104 Å². The van der Waals surface area contributed by atoms with Gasteiger partial charge in [0.15, 0.2) is 5.65 Å². The van der Waals surface area contributed by atoms with Crippen molar-refractivity contribution in [1.82, 2.24) is 19.9 Å². The van der Waals surface area contributed by atoms with E-state index in [1.165, 1.54) is 24.2 Å². The fraction of sp³-hybridized carbons (Fsp3) is 0.381. The molecule has 0 radical (unpaired) electrons. The Kier molecular flexibility index (Phi) is 4.24. The maximum Gasteiger partial charge on any atom is 0.159 e. The SMILES string of the molecule is N[C@H]1C[C@H]2CC[C@@H](C1)N2c1cnc2c(-c3ccc4nc(CO)sc4c3Cl)c[nH]c2n1. The molecule has 1 aromatic carbocycles. The summed E-state index contributed by atoms with van der Waals surface area (Å²) in [5.74, 6) is 0.923. The minimum atomic E-state index is -0.0876. The van der Waals surface area contributed by atoms with Crippen LogP contribution in [0, 0.1) is 0 Å². The van der Waals surface area contributed by atoms with Gasteiger partial charge in [0.2, 0.25) is 0 Å². The summed E-state index contributed by atoms with van der Waals surface area (Å²) in [6.45, 7) is -0.0876. The van der Waals surface area contributed by atoms with Gasteiger partial charge in [0.25, 0.3) is 0 Å². The second-order valence-corrected chi connectivity index (χ2v) is 9.65. The molecular weight excluding hydrogens is 420 g/mol. The molecule has 4 N–H and O–H groups in total. The largest absolute Gasteiger partial charge is 0.389 e. The predicted molar refractivity (Wildman–Crippen MR) is 120 cm³/mol. The lowest BCUT2D eigenvalue weighted by molar-refractivity contribution is 0.281. The third-order valence-electron chi connectivity index (χ3n) is 6.37. The van der Waals surface area contributed by atoms with E-state index in [1.54, 1.807) is 0 Å². The van der Waals surface area contributed by atoms with Gasteiger partial charge in [0.1, 0.15) is 16.3 Å². The van der Waals surface area contributed by atoms with E-state index in [9.17, 15) is 5.11 Å². The number of aliphatic hydroxyl groups excluding tert-OH is 1. The third-order valence-corrected chi connectivity index (χ3v) is 7.95. The second-order valence-electron chi connectivity index (χ2n) is 8.19. The van der Waals surface area contributed by atoms with Gasteiger partial charge in [-0.15, -0.1) is 11.3 Å². The van der Waals surface area contributed by atoms with Gasteiger partial charge < -0.3 is 20.7 Å². The summed E-state index contributed by atoms with van der Waals surface area (Å²) in [7, 11) is 0. The second kappa shape index (κ2) is 6.88. The number of nitrogens with zero attached hydrogens (tertiary/aromatic N) is 4. The molecule has 7 nitrogen and oxygen atoms in total. The molecule has 2 aliphatic heterocycles. The van der Waals surface area contributed by atoms with Gasteiger partial charge in [-0.2, -0.15) is 0 Å². The van der Waals surface area contributed by atoms with Gasteiger partial charge in [-0.3, -0.25) is 0 Å². The van der Waals surface area contributed by atoms with E-state index in [-0.39, 0.29) is 6.61 Å². The first-order chi connectivity index (χ1) is 14.6. The van der Waals surface area contributed by atoms with Gasteiger partial charge in [0.05, 0.1) is 28.0 Å². The highest BCUT2D eigenvalue weighted by atomic mass is 35.5. The summed E-state index contributed by atoms with van der Waals surface area (Å²) in [4.78, 5) is 19.8. The zero-order chi connectivity index (χ0) is 20.4. The molecule has 9 heteroatoms. The standard InChI is InChI=1S/C21H21ClN6OS/c22-18-13(3-4-15-20(18)30-17(9-29)26-15)14-7-25-21-19(14)24-8-16(27-21)28-11-1-2-12(28)6-10(23)5-11/h3-4,7-8,10-12,29H,1-2,5-6,9,23H2,(H,25,27)/t10-,11+,12-. The summed E-state index contributed by atoms with van der Waals surface area (Å²) >= 11 is 8.14. The van der Waals surface area contributed by atoms with E-state index >= 15 is 0 Å². The number of hydrogen-bond acceptors (Lipinski definition) is 7. The number of rotatable bonds is 3. The molecule has 2 aliphatic rings. The number of H-pyrrole nitrogens is 1. The first-order valence-electron chi connectivity index (χ1n) is 10.2. The maximum absolute atomic E-state index is 9.38. The number of hydrogen-bond donors (Lipinski definition) is 3. The lowest BCUT2D eigenvalue weighted by Crippen LogP contribution is -2.47. The van der Waals surface area contributed by atoms with Gasteiger partial charge in [-0.05, 0) is 31.7 Å². The summed E-state index contributed by atoms with van der Waals surface area (Å²) < 4.78 is 0.873. The molecule has 6 rings (SSSR count). The average Bonchev–Trinajstić information content (AvgIpc) is 3.42. The number of nitrogens with two attached hydrogens (primary N) is 1. The summed E-state index contributed by atoms with van der Waals surface area (Å²) in [5.41, 5.74) is 10.4. The van der Waals surface area contributed by atoms with Crippen molar-refractivity contribution in [3.8, 4) is 11.1 Å². The van der Waals surface area contributed by atoms with E-state index in [1.807, 2.05) is 24.5 Å². The fourth-order valence-electron chi connectivity index (χ4n) is 5.09. The van der Waals surface area contributed by atoms with Crippen LogP contribution in [-0.2, 0) is 6.61 Å². The number of aliphatic hydroxyl groups is 1. The Morgan fingerprint density at radius 2 is 2.00 bits per heavy atom. The number of benzene rings is 1. The van der Waals surface area contributed by atoms with Crippen molar-refractivity contribution in [2.24, 2.45) is 5.73 Å². The number of piperidine rings is 1. The fourth-order valence-corrected chi connectivity index (χ4v) is 6.33. The number of thiazole rings is 1. The molecule has 5 heterocycles. The molecule has 0 aliphatic carbocycles. The van der Waals surface area contributed by atoms with Crippen LogP contribution in [0.25, 0.3) is 32.5 Å². The monoisotopic (exact) mass is 440 g/mol. The molecule has 30 heavy (non-hydrogen) atoms. The number of anilines is 1. The van der Waals surface area contributed by atoms with Crippen LogP contribution in [-0.4, -0.2) is 43.2 Å². The molecule has 0 amide bonds. The van der Waals surface area contributed by atoms with Crippen molar-refractivity contribution < 1.29 is 5.11 Å². The van der Waals surface area contributed by atoms with Crippen LogP contribution < -0.4 is 10.6 Å². The Hall–Kier alpha value is -2.26. The zero-order valence-electron chi connectivity index (χ0n) is 16.2. The van der Waals surface area contributed by atoms with Crippen LogP contribution in [0.5, 0.6) is 0 Å². The van der Waals surface area contributed by atoms with Crippen LogP contribution in [0.1, 0.15) is 30.7 Å². The molecule has 4 aromatic rings. The highest BCUT2D eigenvalue weighted by Crippen LogP contribution is 2.41. The van der Waals surface area contributed by atoms with Crippen LogP contribution in [0.4, 0.5) is 5.82 Å². The van der Waals surface area contributed by atoms with Crippen molar-refractivity contribution in [2.75, 3.05) is 4.90 Å². The van der Waals surface area contributed by atoms with Crippen molar-refractivity contribution in [2.45, 2.75) is 50.4 Å². The van der Waals surface area contributed by atoms with Crippen molar-refractivity contribution in [3.63, 3.8) is 0 Å². The summed E-state index contributed by atoms with van der Waals surface area (Å²) in [6, 6.07) is 5.10. The first-order valence-corrected chi connectivity index (χ1v) is 11.4. The molecule has 2 bridgehead atoms. The van der Waals surface area contributed by atoms with Crippen LogP contribution in [0.2, 0.25) is 5.02 Å². The Morgan fingerprint density at radius 1 is 1.20 bits per heavy atom. The zero-order valence-corrected chi connectivity index (χ0v) is 17.7. The smallest absolute Gasteiger partial charge is 0.159 e. The van der Waals surface area contributed by atoms with Gasteiger partial charge >= 0.3 is 0 Å². The van der Waals surface area contributed by atoms with Crippen LogP contribution in [0.3, 0.4) is 0 Å². The molecule has 3 aromatic heterocycles. The number of fused-ring (bicyclic) bond motifs is 4. The Bertz CT molecular complexity index is 1260. The average molecular weight is 441 g/mol. The third kappa shape index (κ3) is 2.75. The van der Waals surface area contributed by atoms with Crippen molar-refractivity contribution in [1.29, 1.82) is 0 Å². The lowest BCUT2D eigenvalue weighted by Gasteiger charge is -2.38. The van der Waals surface area contributed by atoms with Crippen LogP contribution >= 0.6 is 22.9 Å². The van der Waals surface area contributed by atoms with Crippen molar-refractivity contribution >= 4 is 50.1 Å². The minimum absolute atomic E-state index is 0.0876. The summed E-state index contributed by atoms with van der Waals surface area (Å²) in [5, 5.41) is 10.7. The van der Waals surface area contributed by atoms with Gasteiger partial charge in [-0.25, -0.2) is 15.0 Å². The Labute approximate surface area is 181 Å². The minimum Gasteiger partial charge on any atom is -0.389 e. The Balaban J connectivity index is 1.41.